The fourth-order valence-corrected chi connectivity index (χ4v) is 4.03. The van der Waals surface area contributed by atoms with Crippen LogP contribution < -0.4 is 14.8 Å². The lowest BCUT2D eigenvalue weighted by atomic mass is 10.00. The van der Waals surface area contributed by atoms with Crippen LogP contribution in [0.1, 0.15) is 40.7 Å². The number of aryl methyl sites for hydroxylation is 1. The van der Waals surface area contributed by atoms with Crippen LogP contribution in [0.2, 0.25) is 0 Å². The van der Waals surface area contributed by atoms with Crippen molar-refractivity contribution in [3.63, 3.8) is 0 Å². The van der Waals surface area contributed by atoms with Crippen LogP contribution in [-0.4, -0.2) is 28.0 Å². The quantitative estimate of drug-likeness (QED) is 0.273. The zero-order valence-electron chi connectivity index (χ0n) is 20.2. The molecule has 10 heteroatoms. The molecule has 0 spiro atoms. The molecule has 4 rings (SSSR count). The number of nitrogens with zero attached hydrogens (tertiary/aromatic N) is 3. The molecule has 4 aromatic rings. The third-order valence-electron chi connectivity index (χ3n) is 5.96. The van der Waals surface area contributed by atoms with Crippen molar-refractivity contribution in [3.8, 4) is 28.5 Å². The summed E-state index contributed by atoms with van der Waals surface area (Å²) in [5.74, 6) is -2.65. The molecular formula is C26H25F2N5O3. The minimum Gasteiger partial charge on any atom is -0.710 e. The molecule has 0 atom stereocenters. The zero-order chi connectivity index (χ0) is 26.0. The first-order chi connectivity index (χ1) is 17.2. The number of carbonyl (C=O) groups excluding carboxylic acids is 1. The Kier molecular flexibility index (Phi) is 6.69. The van der Waals surface area contributed by atoms with Gasteiger partial charge in [0.1, 0.15) is 5.75 Å². The summed E-state index contributed by atoms with van der Waals surface area (Å²) in [4.78, 5) is 24.6. The van der Waals surface area contributed by atoms with Gasteiger partial charge >= 0.3 is 0 Å². The Hall–Kier alpha value is -4.34. The molecule has 2 N–H and O–H groups in total. The first-order valence-corrected chi connectivity index (χ1v) is 11.2. The van der Waals surface area contributed by atoms with Gasteiger partial charge in [-0.2, -0.15) is 0 Å². The smallest absolute Gasteiger partial charge is 0.300 e. The highest BCUT2D eigenvalue weighted by Crippen LogP contribution is 2.36. The number of ether oxygens (including phenoxy) is 1. The standard InChI is InChI=1S/C26H25F2N5O3/c1-5-26(27,28)17-8-6-9-18(14-17)32-25(34)22-16(3)31-24(33(22)35)19-10-11-20(36-4)21(15(19)2)23-29-12-7-13-30-23/h6-14,31H,5H2,1-4H3,(H,32,34). The van der Waals surface area contributed by atoms with Gasteiger partial charge in [-0.05, 0) is 42.8 Å². The summed E-state index contributed by atoms with van der Waals surface area (Å²) in [7, 11) is 1.53. The Balaban J connectivity index is 1.72. The van der Waals surface area contributed by atoms with Crippen LogP contribution in [0.5, 0.6) is 5.75 Å². The molecule has 0 unspecified atom stereocenters. The summed E-state index contributed by atoms with van der Waals surface area (Å²) in [6.45, 7) is 4.78. The molecule has 2 heterocycles. The maximum Gasteiger partial charge on any atom is 0.300 e. The van der Waals surface area contributed by atoms with Crippen molar-refractivity contribution in [3.05, 3.63) is 82.6 Å². The van der Waals surface area contributed by atoms with Gasteiger partial charge in [0, 0.05) is 37.0 Å². The molecule has 0 bridgehead atoms. The monoisotopic (exact) mass is 493 g/mol. The van der Waals surface area contributed by atoms with Gasteiger partial charge in [0.05, 0.1) is 18.2 Å². The fraction of sp³-hybridized carbons (Fsp3) is 0.231. The number of aromatic amines is 1. The van der Waals surface area contributed by atoms with Crippen molar-refractivity contribution in [2.24, 2.45) is 0 Å². The number of carbonyl (C=O) groups is 1. The van der Waals surface area contributed by atoms with E-state index in [-0.39, 0.29) is 29.2 Å². The first-order valence-electron chi connectivity index (χ1n) is 11.2. The van der Waals surface area contributed by atoms with Gasteiger partial charge < -0.3 is 15.3 Å². The van der Waals surface area contributed by atoms with E-state index in [1.165, 1.54) is 38.3 Å². The van der Waals surface area contributed by atoms with E-state index in [0.29, 0.717) is 38.7 Å². The number of anilines is 1. The maximum absolute atomic E-state index is 14.1. The Labute approximate surface area is 206 Å². The second kappa shape index (κ2) is 9.73. The van der Waals surface area contributed by atoms with Gasteiger partial charge in [-0.3, -0.25) is 4.79 Å². The highest BCUT2D eigenvalue weighted by Gasteiger charge is 2.30. The lowest BCUT2D eigenvalue weighted by Gasteiger charge is -2.16. The number of hydrogen-bond donors (Lipinski definition) is 2. The molecule has 1 amide bonds. The Morgan fingerprint density at radius 2 is 1.89 bits per heavy atom. The first kappa shape index (κ1) is 24.8. The summed E-state index contributed by atoms with van der Waals surface area (Å²) in [5.41, 5.74) is 1.91. The molecule has 0 radical (unpaired) electrons. The van der Waals surface area contributed by atoms with Gasteiger partial charge in [0.25, 0.3) is 17.7 Å². The lowest BCUT2D eigenvalue weighted by Crippen LogP contribution is -2.36. The second-order valence-electron chi connectivity index (χ2n) is 8.22. The van der Waals surface area contributed by atoms with Gasteiger partial charge in [-0.25, -0.2) is 28.5 Å². The number of methoxy groups -OCH3 is 1. The average molecular weight is 494 g/mol. The van der Waals surface area contributed by atoms with E-state index in [2.05, 4.69) is 20.3 Å². The average Bonchev–Trinajstić information content (AvgIpc) is 3.17. The molecule has 36 heavy (non-hydrogen) atoms. The van der Waals surface area contributed by atoms with Gasteiger partial charge in [-0.1, -0.05) is 19.1 Å². The van der Waals surface area contributed by atoms with Crippen LogP contribution in [0.25, 0.3) is 22.8 Å². The molecule has 0 saturated carbocycles. The highest BCUT2D eigenvalue weighted by atomic mass is 19.3. The van der Waals surface area contributed by atoms with E-state index in [0.717, 1.165) is 0 Å². The predicted molar refractivity (Wildman–Crippen MR) is 131 cm³/mol. The van der Waals surface area contributed by atoms with E-state index in [4.69, 9.17) is 4.74 Å². The molecular weight excluding hydrogens is 468 g/mol. The lowest BCUT2D eigenvalue weighted by molar-refractivity contribution is -0.594. The number of aromatic nitrogens is 4. The fourth-order valence-electron chi connectivity index (χ4n) is 4.03. The number of H-pyrrole nitrogens is 1. The molecule has 0 aliphatic heterocycles. The Morgan fingerprint density at radius 1 is 1.17 bits per heavy atom. The summed E-state index contributed by atoms with van der Waals surface area (Å²) in [6.07, 6.45) is 2.84. The summed E-state index contributed by atoms with van der Waals surface area (Å²) in [5, 5.41) is 15.8. The van der Waals surface area contributed by atoms with Gasteiger partial charge in [-0.15, -0.1) is 0 Å². The van der Waals surface area contributed by atoms with Crippen LogP contribution in [-0.2, 0) is 5.92 Å². The molecule has 0 fully saturated rings. The van der Waals surface area contributed by atoms with Gasteiger partial charge in [0.2, 0.25) is 5.69 Å². The van der Waals surface area contributed by atoms with Crippen molar-refractivity contribution in [2.45, 2.75) is 33.1 Å². The molecule has 0 saturated heterocycles. The highest BCUT2D eigenvalue weighted by molar-refractivity contribution is 6.03. The van der Waals surface area contributed by atoms with Crippen molar-refractivity contribution in [1.82, 2.24) is 15.0 Å². The maximum atomic E-state index is 14.1. The van der Waals surface area contributed by atoms with E-state index in [9.17, 15) is 18.8 Å². The van der Waals surface area contributed by atoms with Crippen LogP contribution in [0.3, 0.4) is 0 Å². The van der Waals surface area contributed by atoms with Crippen molar-refractivity contribution in [2.75, 3.05) is 12.4 Å². The number of amides is 1. The summed E-state index contributed by atoms with van der Waals surface area (Å²) >= 11 is 0. The van der Waals surface area contributed by atoms with Crippen molar-refractivity contribution >= 4 is 11.6 Å². The topological polar surface area (TPSA) is 107 Å². The van der Waals surface area contributed by atoms with E-state index in [1.807, 2.05) is 0 Å². The number of alkyl halides is 2. The molecule has 0 aliphatic carbocycles. The second-order valence-corrected chi connectivity index (χ2v) is 8.22. The SMILES string of the molecule is CCC(F)(F)c1cccc(NC(=O)c2c(C)[nH]c(-c3ccc(OC)c(-c4ncccn4)c3C)[n+]2[O-])c1. The van der Waals surface area contributed by atoms with Crippen molar-refractivity contribution in [1.29, 1.82) is 0 Å². The van der Waals surface area contributed by atoms with E-state index in [1.54, 1.807) is 44.4 Å². The molecule has 186 valence electrons. The van der Waals surface area contributed by atoms with Crippen LogP contribution in [0.15, 0.2) is 54.9 Å². The summed E-state index contributed by atoms with van der Waals surface area (Å²) < 4.78 is 34.2. The van der Waals surface area contributed by atoms with Gasteiger partial charge in [0.15, 0.2) is 11.5 Å². The molecule has 2 aromatic heterocycles. The zero-order valence-corrected chi connectivity index (χ0v) is 20.2. The number of halogens is 2. The van der Waals surface area contributed by atoms with E-state index < -0.39 is 11.8 Å². The third kappa shape index (κ3) is 4.49. The normalized spacial score (nSPS) is 11.4. The minimum absolute atomic E-state index is 0.140. The predicted octanol–water partition coefficient (Wildman–Crippen LogP) is 5.15. The van der Waals surface area contributed by atoms with Crippen LogP contribution in [0, 0.1) is 19.1 Å². The van der Waals surface area contributed by atoms with Crippen LogP contribution in [0.4, 0.5) is 14.5 Å². The number of rotatable bonds is 7. The minimum atomic E-state index is -3.03. The molecule has 8 nitrogen and oxygen atoms in total. The Bertz CT molecular complexity index is 1420. The van der Waals surface area contributed by atoms with Crippen molar-refractivity contribution < 1.29 is 23.0 Å². The number of hydrogen-bond acceptors (Lipinski definition) is 5. The number of benzene rings is 2. The Morgan fingerprint density at radius 3 is 2.56 bits per heavy atom. The molecule has 0 aliphatic rings. The van der Waals surface area contributed by atoms with Crippen LogP contribution >= 0.6 is 0 Å². The molecule has 2 aromatic carbocycles. The summed E-state index contributed by atoms with van der Waals surface area (Å²) in [6, 6.07) is 10.5. The third-order valence-corrected chi connectivity index (χ3v) is 5.96. The van der Waals surface area contributed by atoms with E-state index >= 15 is 0 Å². The number of nitrogens with one attached hydrogen (secondary N) is 2. The number of imidazole rings is 1. The largest absolute Gasteiger partial charge is 0.710 e.